The normalized spacial score (nSPS) is 12.1. The van der Waals surface area contributed by atoms with Gasteiger partial charge in [-0.2, -0.15) is 0 Å². The Bertz CT molecular complexity index is 604. The molecule has 0 amide bonds. The van der Waals surface area contributed by atoms with Crippen LogP contribution in [-0.4, -0.2) is 63.8 Å². The summed E-state index contributed by atoms with van der Waals surface area (Å²) in [5, 5.41) is 6.18. The van der Waals surface area contributed by atoms with E-state index in [0.29, 0.717) is 51.9 Å². The number of nitrogens with one attached hydrogen (secondary N) is 2. The van der Waals surface area contributed by atoms with Crippen molar-refractivity contribution in [3.8, 4) is 0 Å². The van der Waals surface area contributed by atoms with Gasteiger partial charge in [-0.25, -0.2) is 12.7 Å². The lowest BCUT2D eigenvalue weighted by Gasteiger charge is -2.19. The summed E-state index contributed by atoms with van der Waals surface area (Å²) in [7, 11) is -3.23. The molecule has 0 spiro atoms. The van der Waals surface area contributed by atoms with E-state index in [1.54, 1.807) is 6.26 Å². The number of ether oxygens (including phenoxy) is 1. The molecule has 0 radical (unpaired) electrons. The minimum atomic E-state index is -3.23. The second-order valence-electron chi connectivity index (χ2n) is 5.57. The molecule has 27 heavy (non-hydrogen) atoms. The van der Waals surface area contributed by atoms with E-state index in [0.717, 1.165) is 12.2 Å². The Labute approximate surface area is 180 Å². The number of nitrogens with zero attached hydrogens (tertiary/aromatic N) is 2. The predicted octanol–water partition coefficient (Wildman–Crippen LogP) is 2.03. The van der Waals surface area contributed by atoms with Gasteiger partial charge in [0, 0.05) is 39.3 Å². The van der Waals surface area contributed by atoms with Gasteiger partial charge in [0.1, 0.15) is 12.4 Å². The first-order valence-electron chi connectivity index (χ1n) is 9.13. The summed E-state index contributed by atoms with van der Waals surface area (Å²) in [6.07, 6.45) is 2.40. The molecule has 0 aliphatic heterocycles. The fraction of sp³-hybridized carbons (Fsp3) is 0.706. The first kappa shape index (κ1) is 26.1. The lowest BCUT2D eigenvalue weighted by atomic mass is 10.4. The van der Waals surface area contributed by atoms with E-state index in [1.165, 1.54) is 4.31 Å². The molecule has 1 aromatic rings. The fourth-order valence-corrected chi connectivity index (χ4v) is 3.72. The standard InChI is InChI=1S/C17H32N4O4S.HI/c1-4-18-17(20-11-14-26(22,23)21(5-2)6-3)19-10-8-12-24-15-16-9-7-13-25-16;/h7,9,13H,4-6,8,10-12,14-15H2,1-3H3,(H2,18,19,20);1H. The van der Waals surface area contributed by atoms with Crippen LogP contribution in [0.3, 0.4) is 0 Å². The zero-order valence-corrected chi connectivity index (χ0v) is 19.6. The molecule has 2 N–H and O–H groups in total. The molecule has 158 valence electrons. The van der Waals surface area contributed by atoms with Crippen molar-refractivity contribution >= 4 is 40.0 Å². The van der Waals surface area contributed by atoms with Crippen LogP contribution in [0.5, 0.6) is 0 Å². The average molecular weight is 516 g/mol. The number of aliphatic imine (C=N–C) groups is 1. The van der Waals surface area contributed by atoms with Gasteiger partial charge in [0.05, 0.1) is 12.0 Å². The van der Waals surface area contributed by atoms with Crippen LogP contribution in [0.4, 0.5) is 0 Å². The molecule has 8 nitrogen and oxygen atoms in total. The zero-order chi connectivity index (χ0) is 19.3. The van der Waals surface area contributed by atoms with E-state index in [1.807, 2.05) is 32.9 Å². The fourth-order valence-electron chi connectivity index (χ4n) is 2.31. The van der Waals surface area contributed by atoms with E-state index >= 15 is 0 Å². The molecule has 0 aliphatic rings. The van der Waals surface area contributed by atoms with Crippen molar-refractivity contribution < 1.29 is 17.6 Å². The van der Waals surface area contributed by atoms with Crippen LogP contribution in [0, 0.1) is 0 Å². The van der Waals surface area contributed by atoms with E-state index < -0.39 is 10.0 Å². The highest BCUT2D eigenvalue weighted by Crippen LogP contribution is 2.02. The van der Waals surface area contributed by atoms with Gasteiger partial charge in [-0.05, 0) is 25.5 Å². The van der Waals surface area contributed by atoms with Gasteiger partial charge in [0.15, 0.2) is 5.96 Å². The van der Waals surface area contributed by atoms with Crippen LogP contribution >= 0.6 is 24.0 Å². The molecule has 1 rings (SSSR count). The maximum absolute atomic E-state index is 12.2. The van der Waals surface area contributed by atoms with Crippen LogP contribution in [0.1, 0.15) is 33.0 Å². The van der Waals surface area contributed by atoms with Crippen molar-refractivity contribution in [3.05, 3.63) is 24.2 Å². The maximum Gasteiger partial charge on any atom is 0.215 e. The van der Waals surface area contributed by atoms with Crippen molar-refractivity contribution in [2.75, 3.05) is 45.1 Å². The minimum absolute atomic E-state index is 0. The summed E-state index contributed by atoms with van der Waals surface area (Å²) < 4.78 is 36.5. The summed E-state index contributed by atoms with van der Waals surface area (Å²) in [6.45, 7) is 9.30. The lowest BCUT2D eigenvalue weighted by Crippen LogP contribution is -2.42. The molecule has 1 aromatic heterocycles. The van der Waals surface area contributed by atoms with Crippen molar-refractivity contribution in [1.29, 1.82) is 0 Å². The van der Waals surface area contributed by atoms with E-state index in [9.17, 15) is 8.42 Å². The van der Waals surface area contributed by atoms with Crippen LogP contribution in [-0.2, 0) is 21.4 Å². The number of hydrogen-bond donors (Lipinski definition) is 2. The Morgan fingerprint density at radius 1 is 1.26 bits per heavy atom. The number of guanidine groups is 1. The first-order valence-corrected chi connectivity index (χ1v) is 10.7. The molecule has 0 saturated carbocycles. The zero-order valence-electron chi connectivity index (χ0n) is 16.4. The average Bonchev–Trinajstić information content (AvgIpc) is 3.12. The SMILES string of the molecule is CCNC(=NCCCOCc1ccco1)NCCS(=O)(=O)N(CC)CC.I. The molecule has 0 bridgehead atoms. The Morgan fingerprint density at radius 3 is 2.59 bits per heavy atom. The smallest absolute Gasteiger partial charge is 0.215 e. The number of hydrogen-bond acceptors (Lipinski definition) is 5. The van der Waals surface area contributed by atoms with Crippen molar-refractivity contribution in [1.82, 2.24) is 14.9 Å². The van der Waals surface area contributed by atoms with Gasteiger partial charge in [-0.1, -0.05) is 13.8 Å². The van der Waals surface area contributed by atoms with Gasteiger partial charge in [0.2, 0.25) is 10.0 Å². The molecule has 0 saturated heterocycles. The second kappa shape index (κ2) is 15.1. The third-order valence-corrected chi connectivity index (χ3v) is 5.66. The van der Waals surface area contributed by atoms with E-state index in [2.05, 4.69) is 15.6 Å². The number of halogens is 1. The van der Waals surface area contributed by atoms with E-state index in [4.69, 9.17) is 9.15 Å². The third-order valence-electron chi connectivity index (χ3n) is 3.64. The second-order valence-corrected chi connectivity index (χ2v) is 7.66. The van der Waals surface area contributed by atoms with E-state index in [-0.39, 0.29) is 29.7 Å². The molecule has 10 heteroatoms. The topological polar surface area (TPSA) is 96.2 Å². The largest absolute Gasteiger partial charge is 0.467 e. The molecular weight excluding hydrogens is 483 g/mol. The number of furan rings is 1. The quantitative estimate of drug-likeness (QED) is 0.180. The molecule has 0 aromatic carbocycles. The van der Waals surface area contributed by atoms with Crippen molar-refractivity contribution in [2.45, 2.75) is 33.8 Å². The Balaban J connectivity index is 0.00000676. The Morgan fingerprint density at radius 2 is 2.00 bits per heavy atom. The van der Waals surface area contributed by atoms with Gasteiger partial charge in [0.25, 0.3) is 0 Å². The Hall–Kier alpha value is -0.850. The minimum Gasteiger partial charge on any atom is -0.467 e. The lowest BCUT2D eigenvalue weighted by molar-refractivity contribution is 0.105. The van der Waals surface area contributed by atoms with Crippen molar-refractivity contribution in [3.63, 3.8) is 0 Å². The summed E-state index contributed by atoms with van der Waals surface area (Å²) in [6, 6.07) is 3.70. The molecule has 0 fully saturated rings. The van der Waals surface area contributed by atoms with Gasteiger partial charge >= 0.3 is 0 Å². The first-order chi connectivity index (χ1) is 12.5. The van der Waals surface area contributed by atoms with Crippen LogP contribution < -0.4 is 10.6 Å². The predicted molar refractivity (Wildman–Crippen MR) is 119 cm³/mol. The van der Waals surface area contributed by atoms with Crippen molar-refractivity contribution in [2.24, 2.45) is 4.99 Å². The summed E-state index contributed by atoms with van der Waals surface area (Å²) >= 11 is 0. The monoisotopic (exact) mass is 516 g/mol. The van der Waals surface area contributed by atoms with Gasteiger partial charge < -0.3 is 19.8 Å². The maximum atomic E-state index is 12.2. The third kappa shape index (κ3) is 10.9. The highest BCUT2D eigenvalue weighted by molar-refractivity contribution is 14.0. The number of rotatable bonds is 13. The number of sulfonamides is 1. The summed E-state index contributed by atoms with van der Waals surface area (Å²) in [4.78, 5) is 4.44. The molecule has 1 heterocycles. The van der Waals surface area contributed by atoms with Gasteiger partial charge in [-0.15, -0.1) is 24.0 Å². The van der Waals surface area contributed by atoms with Crippen LogP contribution in [0.25, 0.3) is 0 Å². The van der Waals surface area contributed by atoms with Gasteiger partial charge in [-0.3, -0.25) is 4.99 Å². The molecular formula is C17H33IN4O4S. The molecule has 0 unspecified atom stereocenters. The summed E-state index contributed by atoms with van der Waals surface area (Å²) in [5.74, 6) is 1.47. The highest BCUT2D eigenvalue weighted by atomic mass is 127. The van der Waals surface area contributed by atoms with Crippen LogP contribution in [0.15, 0.2) is 27.8 Å². The van der Waals surface area contributed by atoms with Crippen LogP contribution in [0.2, 0.25) is 0 Å². The summed E-state index contributed by atoms with van der Waals surface area (Å²) in [5.41, 5.74) is 0. The Kier molecular flexibility index (Phi) is 14.6. The highest BCUT2D eigenvalue weighted by Gasteiger charge is 2.18. The molecule has 0 aliphatic carbocycles. The molecule has 0 atom stereocenters.